The molecule has 0 aliphatic carbocycles. The minimum atomic E-state index is -0.0499. The Morgan fingerprint density at radius 1 is 0.552 bits per heavy atom. The number of benzene rings is 3. The Labute approximate surface area is 181 Å². The monoisotopic (exact) mass is 443 g/mol. The predicted molar refractivity (Wildman–Crippen MR) is 125 cm³/mol. The van der Waals surface area contributed by atoms with E-state index in [9.17, 15) is 0 Å². The fourth-order valence-electron chi connectivity index (χ4n) is 6.15. The van der Waals surface area contributed by atoms with Crippen LogP contribution in [0.3, 0.4) is 0 Å². The molecule has 1 nitrogen and oxygen atoms in total. The Kier molecular flexibility index (Phi) is 3.05. The smallest absolute Gasteiger partial charge is 0.0544 e. The van der Waals surface area contributed by atoms with Gasteiger partial charge in [-0.15, -0.1) is 0 Å². The topological polar surface area (TPSA) is 3.24 Å². The molecule has 3 aliphatic rings. The van der Waals surface area contributed by atoms with Gasteiger partial charge in [0, 0.05) is 20.7 Å². The van der Waals surface area contributed by atoms with E-state index in [1.54, 1.807) is 0 Å². The van der Waals surface area contributed by atoms with Crippen molar-refractivity contribution in [2.45, 2.75) is 57.8 Å². The maximum Gasteiger partial charge on any atom is 0.0544 e. The lowest BCUT2D eigenvalue weighted by Crippen LogP contribution is -2.43. The van der Waals surface area contributed by atoms with Gasteiger partial charge in [0.1, 0.15) is 0 Å². The number of anilines is 3. The van der Waals surface area contributed by atoms with Crippen molar-refractivity contribution < 1.29 is 0 Å². The van der Waals surface area contributed by atoms with E-state index in [1.807, 2.05) is 0 Å². The van der Waals surface area contributed by atoms with Crippen LogP contribution in [0.5, 0.6) is 0 Å². The average molecular weight is 444 g/mol. The fraction of sp³-hybridized carbons (Fsp3) is 0.333. The lowest BCUT2D eigenvalue weighted by atomic mass is 9.61. The van der Waals surface area contributed by atoms with E-state index in [0.717, 1.165) is 0 Å². The highest BCUT2D eigenvalue weighted by Gasteiger charge is 2.51. The van der Waals surface area contributed by atoms with E-state index < -0.39 is 0 Å². The summed E-state index contributed by atoms with van der Waals surface area (Å²) < 4.78 is 1.17. The van der Waals surface area contributed by atoms with Crippen molar-refractivity contribution in [3.63, 3.8) is 0 Å². The maximum atomic E-state index is 3.83. The Hall–Kier alpha value is -2.06. The summed E-state index contributed by atoms with van der Waals surface area (Å²) in [5, 5.41) is 0. The molecule has 0 fully saturated rings. The van der Waals surface area contributed by atoms with Crippen molar-refractivity contribution in [3.8, 4) is 0 Å². The van der Waals surface area contributed by atoms with E-state index in [-0.39, 0.29) is 16.2 Å². The summed E-state index contributed by atoms with van der Waals surface area (Å²) in [4.78, 5) is 2.61. The van der Waals surface area contributed by atoms with Gasteiger partial charge in [-0.1, -0.05) is 93.9 Å². The quantitative estimate of drug-likeness (QED) is 0.341. The van der Waals surface area contributed by atoms with Crippen molar-refractivity contribution in [1.29, 1.82) is 0 Å². The zero-order valence-electron chi connectivity index (χ0n) is 17.9. The van der Waals surface area contributed by atoms with Crippen molar-refractivity contribution in [2.75, 3.05) is 4.90 Å². The summed E-state index contributed by atoms with van der Waals surface area (Å²) in [6, 6.07) is 18.6. The average Bonchev–Trinajstić information content (AvgIpc) is 2.66. The van der Waals surface area contributed by atoms with Gasteiger partial charge in [-0.2, -0.15) is 0 Å². The molecule has 146 valence electrons. The first-order valence-corrected chi connectivity index (χ1v) is 11.3. The van der Waals surface area contributed by atoms with Crippen molar-refractivity contribution in [2.24, 2.45) is 0 Å². The van der Waals surface area contributed by atoms with Crippen LogP contribution in [0.25, 0.3) is 0 Å². The van der Waals surface area contributed by atoms with Crippen LogP contribution < -0.4 is 4.90 Å². The molecule has 3 aliphatic heterocycles. The molecule has 6 rings (SSSR count). The van der Waals surface area contributed by atoms with E-state index >= 15 is 0 Å². The summed E-state index contributed by atoms with van der Waals surface area (Å²) in [7, 11) is 0. The van der Waals surface area contributed by atoms with Crippen molar-refractivity contribution >= 4 is 33.0 Å². The summed E-state index contributed by atoms with van der Waals surface area (Å²) >= 11 is 3.83. The first-order valence-electron chi connectivity index (χ1n) is 10.5. The van der Waals surface area contributed by atoms with E-state index in [1.165, 1.54) is 54.9 Å². The third kappa shape index (κ3) is 1.84. The van der Waals surface area contributed by atoms with Gasteiger partial charge in [-0.25, -0.2) is 0 Å². The molecule has 3 aromatic rings. The second-order valence-electron chi connectivity index (χ2n) is 10.5. The lowest BCUT2D eigenvalue weighted by molar-refractivity contribution is 0.566. The molecule has 2 heteroatoms. The van der Waals surface area contributed by atoms with Gasteiger partial charge in [0.15, 0.2) is 0 Å². The molecule has 3 heterocycles. The highest BCUT2D eigenvalue weighted by molar-refractivity contribution is 9.10. The zero-order valence-corrected chi connectivity index (χ0v) is 19.5. The predicted octanol–water partition coefficient (Wildman–Crippen LogP) is 7.84. The number of halogens is 1. The molecule has 0 saturated carbocycles. The van der Waals surface area contributed by atoms with Crippen LogP contribution in [-0.4, -0.2) is 0 Å². The molecule has 0 amide bonds. The molecule has 0 spiro atoms. The molecule has 0 atom stereocenters. The number of hydrogen-bond acceptors (Lipinski definition) is 1. The van der Waals surface area contributed by atoms with Gasteiger partial charge < -0.3 is 4.90 Å². The first-order chi connectivity index (χ1) is 13.6. The minimum Gasteiger partial charge on any atom is -0.309 e. The Balaban J connectivity index is 1.90. The molecule has 0 radical (unpaired) electrons. The third-order valence-corrected chi connectivity index (χ3v) is 8.32. The lowest BCUT2D eigenvalue weighted by Gasteiger charge is -2.55. The van der Waals surface area contributed by atoms with Gasteiger partial charge in [0.2, 0.25) is 0 Å². The Bertz CT molecular complexity index is 1150. The van der Waals surface area contributed by atoms with Gasteiger partial charge in [0.25, 0.3) is 0 Å². The second kappa shape index (κ2) is 4.98. The van der Waals surface area contributed by atoms with Gasteiger partial charge >= 0.3 is 0 Å². The molecule has 29 heavy (non-hydrogen) atoms. The molecule has 0 saturated heterocycles. The number of rotatable bonds is 0. The number of para-hydroxylation sites is 2. The van der Waals surface area contributed by atoms with Crippen LogP contribution in [0.1, 0.15) is 74.9 Å². The molecule has 3 aromatic carbocycles. The van der Waals surface area contributed by atoms with Gasteiger partial charge in [0.05, 0.1) is 17.1 Å². The van der Waals surface area contributed by atoms with E-state index in [0.29, 0.717) is 0 Å². The summed E-state index contributed by atoms with van der Waals surface area (Å²) in [6.45, 7) is 14.3. The van der Waals surface area contributed by atoms with E-state index in [2.05, 4.69) is 111 Å². The summed E-state index contributed by atoms with van der Waals surface area (Å²) in [6.07, 6.45) is 0. The molecular weight excluding hydrogens is 418 g/mol. The number of hydrogen-bond donors (Lipinski definition) is 0. The normalized spacial score (nSPS) is 20.3. The van der Waals surface area contributed by atoms with Gasteiger partial charge in [-0.05, 0) is 45.5 Å². The molecule has 0 aromatic heterocycles. The van der Waals surface area contributed by atoms with Gasteiger partial charge in [-0.3, -0.25) is 0 Å². The minimum absolute atomic E-state index is 0.0241. The maximum absolute atomic E-state index is 3.83. The first kappa shape index (κ1) is 17.8. The zero-order chi connectivity index (χ0) is 20.5. The highest BCUT2D eigenvalue weighted by atomic mass is 79.9. The van der Waals surface area contributed by atoms with Crippen LogP contribution in [0.2, 0.25) is 0 Å². The molecular formula is C27H26BrN. The molecule has 0 N–H and O–H groups in total. The second-order valence-corrected chi connectivity index (χ2v) is 11.4. The summed E-state index contributed by atoms with van der Waals surface area (Å²) in [5.41, 5.74) is 12.7. The number of nitrogens with zero attached hydrogens (tertiary/aromatic N) is 1. The molecule has 0 unspecified atom stereocenters. The largest absolute Gasteiger partial charge is 0.309 e. The van der Waals surface area contributed by atoms with Crippen LogP contribution in [0, 0.1) is 0 Å². The van der Waals surface area contributed by atoms with E-state index in [4.69, 9.17) is 0 Å². The summed E-state index contributed by atoms with van der Waals surface area (Å²) in [5.74, 6) is 0. The van der Waals surface area contributed by atoms with Crippen LogP contribution in [0.15, 0.2) is 53.0 Å². The SMILES string of the molecule is CC1(C)c2cccc3c2N2c4c1cccc4C(C)(C)c1cc(Br)cc(c12)C3(C)C. The molecule has 0 bridgehead atoms. The Morgan fingerprint density at radius 3 is 1.24 bits per heavy atom. The van der Waals surface area contributed by atoms with Crippen molar-refractivity contribution in [3.05, 3.63) is 86.4 Å². The standard InChI is InChI=1S/C27H26BrN/c1-25(2)16-9-7-11-18-22(16)29-23-17(25)10-8-12-19(23)27(5,6)21-14-15(28)13-20(24(21)29)26(18,3)4/h7-14H,1-6H3. The van der Waals surface area contributed by atoms with Crippen LogP contribution in [-0.2, 0) is 16.2 Å². The highest BCUT2D eigenvalue weighted by Crippen LogP contribution is 2.66. The fourth-order valence-corrected chi connectivity index (χ4v) is 6.61. The van der Waals surface area contributed by atoms with Crippen LogP contribution in [0.4, 0.5) is 17.1 Å². The van der Waals surface area contributed by atoms with Crippen LogP contribution >= 0.6 is 15.9 Å². The Morgan fingerprint density at radius 2 is 0.862 bits per heavy atom. The third-order valence-electron chi connectivity index (χ3n) is 7.86. The van der Waals surface area contributed by atoms with Crippen molar-refractivity contribution in [1.82, 2.24) is 0 Å².